The Kier molecular flexibility index (Phi) is 7.46. The highest BCUT2D eigenvalue weighted by atomic mass is 35.5. The summed E-state index contributed by atoms with van der Waals surface area (Å²) in [6.07, 6.45) is 6.12. The lowest BCUT2D eigenvalue weighted by molar-refractivity contribution is 0.354. The zero-order valence-electron chi connectivity index (χ0n) is 17.5. The number of halogens is 1. The van der Waals surface area contributed by atoms with E-state index in [1.165, 1.54) is 18.4 Å². The van der Waals surface area contributed by atoms with Crippen molar-refractivity contribution in [1.29, 1.82) is 5.41 Å². The van der Waals surface area contributed by atoms with Crippen molar-refractivity contribution in [1.82, 2.24) is 20.0 Å². The van der Waals surface area contributed by atoms with Gasteiger partial charge in [0, 0.05) is 30.5 Å². The molecule has 1 aliphatic heterocycles. The fourth-order valence-corrected chi connectivity index (χ4v) is 3.58. The molecule has 1 saturated heterocycles. The third-order valence-electron chi connectivity index (χ3n) is 5.39. The van der Waals surface area contributed by atoms with Crippen molar-refractivity contribution in [2.24, 2.45) is 5.73 Å². The maximum absolute atomic E-state index is 7.54. The van der Waals surface area contributed by atoms with E-state index < -0.39 is 0 Å². The molecule has 3 aromatic rings. The first kappa shape index (κ1) is 22.6. The van der Waals surface area contributed by atoms with E-state index in [0.29, 0.717) is 18.3 Å². The van der Waals surface area contributed by atoms with E-state index in [1.807, 2.05) is 17.0 Å². The molecule has 0 radical (unpaired) electrons. The molecular formula is C22H28ClN7O. The molecule has 4 N–H and O–H groups in total. The Morgan fingerprint density at radius 1 is 1.26 bits per heavy atom. The summed E-state index contributed by atoms with van der Waals surface area (Å²) in [6, 6.07) is 12.3. The molecule has 4 rings (SSSR count). The highest BCUT2D eigenvalue weighted by molar-refractivity contribution is 5.85. The van der Waals surface area contributed by atoms with Crippen molar-refractivity contribution in [3.63, 3.8) is 0 Å². The predicted octanol–water partition coefficient (Wildman–Crippen LogP) is 4.32. The number of guanidine groups is 1. The number of rotatable bonds is 7. The summed E-state index contributed by atoms with van der Waals surface area (Å²) in [4.78, 5) is 10.8. The van der Waals surface area contributed by atoms with E-state index in [0.717, 1.165) is 36.5 Å². The number of aromatic nitrogens is 3. The molecular weight excluding hydrogens is 414 g/mol. The number of likely N-dealkylation sites (tertiary alicyclic amines) is 1. The van der Waals surface area contributed by atoms with Crippen molar-refractivity contribution in [2.75, 3.05) is 18.4 Å². The van der Waals surface area contributed by atoms with Gasteiger partial charge in [0.1, 0.15) is 5.82 Å². The average Bonchev–Trinajstić information content (AvgIpc) is 3.44. The monoisotopic (exact) mass is 441 g/mol. The Morgan fingerprint density at radius 3 is 2.71 bits per heavy atom. The molecule has 8 nitrogen and oxygen atoms in total. The first-order valence-electron chi connectivity index (χ1n) is 10.4. The van der Waals surface area contributed by atoms with Gasteiger partial charge in [0.15, 0.2) is 5.96 Å². The summed E-state index contributed by atoms with van der Waals surface area (Å²) in [5.41, 5.74) is 8.72. The minimum absolute atomic E-state index is 0. The maximum Gasteiger partial charge on any atom is 0.231 e. The number of hydrogen-bond donors (Lipinski definition) is 3. The van der Waals surface area contributed by atoms with E-state index >= 15 is 0 Å². The predicted molar refractivity (Wildman–Crippen MR) is 124 cm³/mol. The summed E-state index contributed by atoms with van der Waals surface area (Å²) in [5.74, 6) is 2.05. The summed E-state index contributed by atoms with van der Waals surface area (Å²) in [7, 11) is 0. The Hall–Kier alpha value is -3.13. The maximum atomic E-state index is 7.54. The molecule has 1 atom stereocenters. The van der Waals surface area contributed by atoms with Gasteiger partial charge in [0.2, 0.25) is 11.7 Å². The Morgan fingerprint density at radius 2 is 2.06 bits per heavy atom. The van der Waals surface area contributed by atoms with Crippen molar-refractivity contribution >= 4 is 29.9 Å². The average molecular weight is 442 g/mol. The minimum atomic E-state index is 0. The lowest BCUT2D eigenvalue weighted by Crippen LogP contribution is -2.34. The molecule has 3 heterocycles. The van der Waals surface area contributed by atoms with Gasteiger partial charge >= 0.3 is 0 Å². The van der Waals surface area contributed by atoms with Crippen LogP contribution >= 0.6 is 12.4 Å². The van der Waals surface area contributed by atoms with Gasteiger partial charge in [-0.25, -0.2) is 4.98 Å². The van der Waals surface area contributed by atoms with Gasteiger partial charge in [-0.2, -0.15) is 4.98 Å². The first-order valence-corrected chi connectivity index (χ1v) is 10.4. The lowest BCUT2D eigenvalue weighted by Gasteiger charge is -2.14. The zero-order chi connectivity index (χ0) is 20.9. The van der Waals surface area contributed by atoms with Gasteiger partial charge < -0.3 is 20.5 Å². The molecule has 1 unspecified atom stereocenters. The van der Waals surface area contributed by atoms with Crippen LogP contribution in [0.1, 0.15) is 43.6 Å². The van der Waals surface area contributed by atoms with E-state index in [9.17, 15) is 0 Å². The van der Waals surface area contributed by atoms with Crippen LogP contribution in [0.2, 0.25) is 0 Å². The normalized spacial score (nSPS) is 15.5. The van der Waals surface area contributed by atoms with Crippen LogP contribution in [0.3, 0.4) is 0 Å². The highest BCUT2D eigenvalue weighted by Gasteiger charge is 2.29. The summed E-state index contributed by atoms with van der Waals surface area (Å²) in [5, 5.41) is 15.0. The third kappa shape index (κ3) is 5.52. The van der Waals surface area contributed by atoms with Gasteiger partial charge in [-0.3, -0.25) is 5.41 Å². The second kappa shape index (κ2) is 10.3. The van der Waals surface area contributed by atoms with E-state index in [4.69, 9.17) is 15.7 Å². The van der Waals surface area contributed by atoms with Gasteiger partial charge in [0.05, 0.1) is 5.92 Å². The fraction of sp³-hybridized carbons (Fsp3) is 0.364. The summed E-state index contributed by atoms with van der Waals surface area (Å²) >= 11 is 0. The van der Waals surface area contributed by atoms with Crippen molar-refractivity contribution in [3.8, 4) is 11.4 Å². The van der Waals surface area contributed by atoms with E-state index in [1.54, 1.807) is 6.20 Å². The van der Waals surface area contributed by atoms with Crippen LogP contribution in [0.15, 0.2) is 47.1 Å². The number of pyridine rings is 1. The standard InChI is InChI=1S/C22H27N7O.ClH/c1-2-3-4-15-5-8-18(9-6-15)26-19-10-7-16(13-25-19)20-27-21(30-28-20)17-11-12-29(14-17)22(23)24;/h5-10,13,17H,2-4,11-12,14H2,1H3,(H3,23,24)(H,25,26);1H. The molecule has 1 fully saturated rings. The van der Waals surface area contributed by atoms with Gasteiger partial charge in [-0.05, 0) is 49.1 Å². The summed E-state index contributed by atoms with van der Waals surface area (Å²) in [6.45, 7) is 3.58. The summed E-state index contributed by atoms with van der Waals surface area (Å²) < 4.78 is 5.45. The number of unbranched alkanes of at least 4 members (excludes halogenated alkanes) is 1. The molecule has 31 heavy (non-hydrogen) atoms. The number of nitrogens with one attached hydrogen (secondary N) is 2. The fourth-order valence-electron chi connectivity index (χ4n) is 3.58. The van der Waals surface area contributed by atoms with Crippen LogP contribution in [0.5, 0.6) is 0 Å². The minimum Gasteiger partial charge on any atom is -0.370 e. The van der Waals surface area contributed by atoms with Gasteiger partial charge in [-0.1, -0.05) is 30.6 Å². The van der Waals surface area contributed by atoms with E-state index in [-0.39, 0.29) is 24.3 Å². The van der Waals surface area contributed by atoms with Crippen LogP contribution in [0, 0.1) is 5.41 Å². The number of nitrogens with zero attached hydrogens (tertiary/aromatic N) is 4. The number of benzene rings is 1. The second-order valence-electron chi connectivity index (χ2n) is 7.63. The molecule has 164 valence electrons. The molecule has 0 bridgehead atoms. The third-order valence-corrected chi connectivity index (χ3v) is 5.39. The zero-order valence-corrected chi connectivity index (χ0v) is 18.4. The molecule has 0 spiro atoms. The topological polar surface area (TPSA) is 117 Å². The molecule has 2 aromatic heterocycles. The van der Waals surface area contributed by atoms with Crippen molar-refractivity contribution in [3.05, 3.63) is 54.0 Å². The number of aryl methyl sites for hydroxylation is 1. The number of nitrogens with two attached hydrogens (primary N) is 1. The van der Waals surface area contributed by atoms with E-state index in [2.05, 4.69) is 51.6 Å². The SMILES string of the molecule is CCCCc1ccc(Nc2ccc(-c3noc(C4CCN(C(=N)N)C4)n3)cn2)cc1.Cl. The molecule has 0 saturated carbocycles. The van der Waals surface area contributed by atoms with Crippen LogP contribution < -0.4 is 11.1 Å². The Bertz CT molecular complexity index is 988. The van der Waals surface area contributed by atoms with Crippen LogP contribution in [-0.2, 0) is 6.42 Å². The molecule has 9 heteroatoms. The Labute approximate surface area is 188 Å². The Balaban J connectivity index is 0.00000272. The van der Waals surface area contributed by atoms with Crippen molar-refractivity contribution < 1.29 is 4.52 Å². The number of anilines is 2. The largest absolute Gasteiger partial charge is 0.370 e. The van der Waals surface area contributed by atoms with Gasteiger partial charge in [-0.15, -0.1) is 12.4 Å². The second-order valence-corrected chi connectivity index (χ2v) is 7.63. The van der Waals surface area contributed by atoms with Crippen LogP contribution in [-0.4, -0.2) is 39.1 Å². The molecule has 0 amide bonds. The highest BCUT2D eigenvalue weighted by Crippen LogP contribution is 2.27. The molecule has 1 aromatic carbocycles. The molecule has 1 aliphatic rings. The van der Waals surface area contributed by atoms with Gasteiger partial charge in [0.25, 0.3) is 0 Å². The van der Waals surface area contributed by atoms with Crippen LogP contribution in [0.25, 0.3) is 11.4 Å². The van der Waals surface area contributed by atoms with Crippen LogP contribution in [0.4, 0.5) is 11.5 Å². The van der Waals surface area contributed by atoms with Crippen molar-refractivity contribution in [2.45, 2.75) is 38.5 Å². The molecule has 0 aliphatic carbocycles. The first-order chi connectivity index (χ1) is 14.6. The smallest absolute Gasteiger partial charge is 0.231 e. The quantitative estimate of drug-likeness (QED) is 0.369. The number of hydrogen-bond acceptors (Lipinski definition) is 6. The lowest BCUT2D eigenvalue weighted by atomic mass is 10.1.